The largest absolute Gasteiger partial charge is 0.462 e. The van der Waals surface area contributed by atoms with Crippen LogP contribution < -0.4 is 0 Å². The van der Waals surface area contributed by atoms with Crippen LogP contribution in [0.15, 0.2) is 48.6 Å². The molecule has 0 rings (SSSR count). The molecule has 0 saturated carbocycles. The molecule has 0 amide bonds. The fourth-order valence-corrected chi connectivity index (χ4v) is 5.85. The lowest BCUT2D eigenvalue weighted by atomic mass is 10.1. The number of allylic oxidation sites excluding steroid dienone is 8. The van der Waals surface area contributed by atoms with E-state index in [9.17, 15) is 14.7 Å². The van der Waals surface area contributed by atoms with E-state index in [1.807, 2.05) is 0 Å². The Bertz CT molecular complexity index is 842. The maximum absolute atomic E-state index is 12.2. The normalized spacial score (nSPS) is 12.6. The third-order valence-corrected chi connectivity index (χ3v) is 9.10. The van der Waals surface area contributed by atoms with E-state index in [2.05, 4.69) is 62.5 Å². The third-order valence-electron chi connectivity index (χ3n) is 9.10. The summed E-state index contributed by atoms with van der Waals surface area (Å²) in [6.45, 7) is 4.08. The van der Waals surface area contributed by atoms with Gasteiger partial charge in [-0.2, -0.15) is 0 Å². The van der Waals surface area contributed by atoms with Gasteiger partial charge in [0, 0.05) is 12.8 Å². The van der Waals surface area contributed by atoms with Gasteiger partial charge in [0.25, 0.3) is 0 Å². The number of carbonyl (C=O) groups is 2. The summed E-state index contributed by atoms with van der Waals surface area (Å²) in [5.41, 5.74) is 0. The summed E-state index contributed by atoms with van der Waals surface area (Å²) in [5, 5.41) is 9.57. The standard InChI is InChI=1S/C45H80O5/c1-3-5-7-9-11-13-15-17-19-21-22-24-25-27-29-31-33-35-37-39-44(47)49-42-43(41-46)50-45(48)40-38-36-34-32-30-28-26-23-20-18-16-14-12-10-8-6-4-2/h11-14,17-20,43,46H,3-10,15-16,21-42H2,1-2H3/b13-11-,14-12-,19-17-,20-18-/t43-/m0/s1. The first-order valence-corrected chi connectivity index (χ1v) is 21.2. The van der Waals surface area contributed by atoms with Gasteiger partial charge in [0.05, 0.1) is 6.61 Å². The molecular weight excluding hydrogens is 620 g/mol. The molecule has 290 valence electrons. The third kappa shape index (κ3) is 38.7. The van der Waals surface area contributed by atoms with Gasteiger partial charge in [-0.15, -0.1) is 0 Å². The van der Waals surface area contributed by atoms with Gasteiger partial charge in [0.2, 0.25) is 0 Å². The molecule has 5 nitrogen and oxygen atoms in total. The lowest BCUT2D eigenvalue weighted by Crippen LogP contribution is -2.28. The number of carbonyl (C=O) groups excluding carboxylic acids is 2. The molecule has 0 aliphatic heterocycles. The monoisotopic (exact) mass is 701 g/mol. The Morgan fingerprint density at radius 1 is 0.460 bits per heavy atom. The SMILES string of the molecule is CCCCC/C=C\C/C=C\CCCCCCCCCCCC(=O)OC[C@H](CO)OC(=O)CCCCCCCCC/C=C\C/C=C\CCCCC. The first-order valence-electron chi connectivity index (χ1n) is 21.2. The molecule has 0 aromatic carbocycles. The zero-order valence-corrected chi connectivity index (χ0v) is 32.9. The van der Waals surface area contributed by atoms with Crippen molar-refractivity contribution in [3.8, 4) is 0 Å². The van der Waals surface area contributed by atoms with E-state index < -0.39 is 6.10 Å². The van der Waals surface area contributed by atoms with Crippen LogP contribution in [-0.4, -0.2) is 36.4 Å². The maximum atomic E-state index is 12.2. The number of hydrogen-bond acceptors (Lipinski definition) is 5. The summed E-state index contributed by atoms with van der Waals surface area (Å²) in [6.07, 6.45) is 51.7. The molecule has 0 aliphatic rings. The fourth-order valence-electron chi connectivity index (χ4n) is 5.85. The summed E-state index contributed by atoms with van der Waals surface area (Å²) in [6, 6.07) is 0. The molecule has 0 bridgehead atoms. The van der Waals surface area contributed by atoms with Crippen molar-refractivity contribution < 1.29 is 24.2 Å². The molecule has 1 N–H and O–H groups in total. The van der Waals surface area contributed by atoms with Gasteiger partial charge in [-0.05, 0) is 77.0 Å². The van der Waals surface area contributed by atoms with Crippen molar-refractivity contribution in [1.29, 1.82) is 0 Å². The van der Waals surface area contributed by atoms with E-state index in [-0.39, 0.29) is 25.2 Å². The van der Waals surface area contributed by atoms with Crippen molar-refractivity contribution in [2.24, 2.45) is 0 Å². The Hall–Kier alpha value is -2.14. The van der Waals surface area contributed by atoms with E-state index in [4.69, 9.17) is 9.47 Å². The first kappa shape index (κ1) is 47.9. The molecule has 0 aliphatic carbocycles. The van der Waals surface area contributed by atoms with Crippen LogP contribution in [0.4, 0.5) is 0 Å². The highest BCUT2D eigenvalue weighted by atomic mass is 16.6. The Labute approximate surface area is 309 Å². The van der Waals surface area contributed by atoms with Crippen LogP contribution in [0.5, 0.6) is 0 Å². The average molecular weight is 701 g/mol. The highest BCUT2D eigenvalue weighted by Gasteiger charge is 2.16. The molecule has 0 aromatic rings. The lowest BCUT2D eigenvalue weighted by molar-refractivity contribution is -0.161. The minimum atomic E-state index is -0.777. The van der Waals surface area contributed by atoms with Crippen molar-refractivity contribution in [3.63, 3.8) is 0 Å². The Morgan fingerprint density at radius 2 is 0.800 bits per heavy atom. The molecule has 0 spiro atoms. The highest BCUT2D eigenvalue weighted by molar-refractivity contribution is 5.70. The van der Waals surface area contributed by atoms with Gasteiger partial charge in [-0.3, -0.25) is 9.59 Å². The van der Waals surface area contributed by atoms with Crippen LogP contribution in [0, 0.1) is 0 Å². The van der Waals surface area contributed by atoms with E-state index in [0.717, 1.165) is 57.8 Å². The molecule has 0 saturated heterocycles. The number of aliphatic hydroxyl groups is 1. The zero-order chi connectivity index (χ0) is 36.4. The predicted octanol–water partition coefficient (Wildman–Crippen LogP) is 13.4. The second kappa shape index (κ2) is 41.3. The van der Waals surface area contributed by atoms with Crippen LogP contribution in [-0.2, 0) is 19.1 Å². The van der Waals surface area contributed by atoms with Crippen molar-refractivity contribution in [2.45, 2.75) is 213 Å². The van der Waals surface area contributed by atoms with Gasteiger partial charge in [0.1, 0.15) is 6.61 Å². The molecule has 0 aromatic heterocycles. The van der Waals surface area contributed by atoms with Crippen molar-refractivity contribution in [2.75, 3.05) is 13.2 Å². The van der Waals surface area contributed by atoms with Gasteiger partial charge < -0.3 is 14.6 Å². The molecule has 5 heteroatoms. The molecule has 0 radical (unpaired) electrons. The van der Waals surface area contributed by atoms with E-state index in [0.29, 0.717) is 12.8 Å². The van der Waals surface area contributed by atoms with Gasteiger partial charge in [-0.1, -0.05) is 165 Å². The quantitative estimate of drug-likeness (QED) is 0.0394. The van der Waals surface area contributed by atoms with Crippen LogP contribution in [0.2, 0.25) is 0 Å². The number of aliphatic hydroxyl groups excluding tert-OH is 1. The molecule has 0 fully saturated rings. The topological polar surface area (TPSA) is 72.8 Å². The molecule has 1 atom stereocenters. The summed E-state index contributed by atoms with van der Waals surface area (Å²) in [4.78, 5) is 24.3. The Kier molecular flexibility index (Phi) is 39.5. The number of rotatable bonds is 38. The van der Waals surface area contributed by atoms with E-state index in [1.54, 1.807) is 0 Å². The van der Waals surface area contributed by atoms with Crippen molar-refractivity contribution >= 4 is 11.9 Å². The van der Waals surface area contributed by atoms with Gasteiger partial charge >= 0.3 is 11.9 Å². The Morgan fingerprint density at radius 3 is 1.18 bits per heavy atom. The first-order chi connectivity index (χ1) is 24.6. The van der Waals surface area contributed by atoms with Crippen LogP contribution in [0.3, 0.4) is 0 Å². The van der Waals surface area contributed by atoms with Crippen molar-refractivity contribution in [3.05, 3.63) is 48.6 Å². The number of hydrogen-bond donors (Lipinski definition) is 1. The Balaban J connectivity index is 3.56. The zero-order valence-electron chi connectivity index (χ0n) is 32.9. The molecular formula is C45H80O5. The van der Waals surface area contributed by atoms with Gasteiger partial charge in [0.15, 0.2) is 6.10 Å². The number of esters is 2. The summed E-state index contributed by atoms with van der Waals surface area (Å²) in [5.74, 6) is -0.603. The highest BCUT2D eigenvalue weighted by Crippen LogP contribution is 2.13. The van der Waals surface area contributed by atoms with Crippen LogP contribution in [0.1, 0.15) is 206 Å². The van der Waals surface area contributed by atoms with Gasteiger partial charge in [-0.25, -0.2) is 0 Å². The van der Waals surface area contributed by atoms with Crippen LogP contribution in [0.25, 0.3) is 0 Å². The predicted molar refractivity (Wildman–Crippen MR) is 214 cm³/mol. The molecule has 0 unspecified atom stereocenters. The molecule has 50 heavy (non-hydrogen) atoms. The minimum Gasteiger partial charge on any atom is -0.462 e. The van der Waals surface area contributed by atoms with Crippen LogP contribution >= 0.6 is 0 Å². The average Bonchev–Trinajstić information content (AvgIpc) is 3.12. The number of unbranched alkanes of at least 4 members (excludes halogenated alkanes) is 22. The minimum absolute atomic E-state index is 0.0715. The second-order valence-electron chi connectivity index (χ2n) is 14.1. The summed E-state index contributed by atoms with van der Waals surface area (Å²) in [7, 11) is 0. The fraction of sp³-hybridized carbons (Fsp3) is 0.778. The van der Waals surface area contributed by atoms with E-state index in [1.165, 1.54) is 122 Å². The lowest BCUT2D eigenvalue weighted by Gasteiger charge is -2.15. The summed E-state index contributed by atoms with van der Waals surface area (Å²) < 4.78 is 10.6. The second-order valence-corrected chi connectivity index (χ2v) is 14.1. The van der Waals surface area contributed by atoms with E-state index >= 15 is 0 Å². The number of ether oxygens (including phenoxy) is 2. The summed E-state index contributed by atoms with van der Waals surface area (Å²) >= 11 is 0. The molecule has 0 heterocycles. The van der Waals surface area contributed by atoms with Crippen molar-refractivity contribution in [1.82, 2.24) is 0 Å². The maximum Gasteiger partial charge on any atom is 0.306 e. The smallest absolute Gasteiger partial charge is 0.306 e.